The highest BCUT2D eigenvalue weighted by atomic mass is 35.5. The highest BCUT2D eigenvalue weighted by molar-refractivity contribution is 7.89. The second-order valence-electron chi connectivity index (χ2n) is 4.62. The maximum absolute atomic E-state index is 12.8. The summed E-state index contributed by atoms with van der Waals surface area (Å²) in [6, 6.07) is 4.00. The standard InChI is InChI=1S/C11H13ClF3NO2S/c1-10(2,7-12)16-19(17,18)9-6-4-3-5-8(9)11(13,14)15/h3-6,16H,7H2,1-2H3. The summed E-state index contributed by atoms with van der Waals surface area (Å²) in [6.07, 6.45) is -4.74. The van der Waals surface area contributed by atoms with Gasteiger partial charge < -0.3 is 0 Å². The summed E-state index contributed by atoms with van der Waals surface area (Å²) in [5.74, 6) is -0.0690. The first-order chi connectivity index (χ1) is 8.49. The van der Waals surface area contributed by atoms with Crippen molar-refractivity contribution in [2.45, 2.75) is 30.5 Å². The molecule has 0 atom stereocenters. The highest BCUT2D eigenvalue weighted by Crippen LogP contribution is 2.34. The predicted octanol–water partition coefficient (Wildman–Crippen LogP) is 3.00. The molecule has 1 aromatic rings. The van der Waals surface area contributed by atoms with E-state index in [4.69, 9.17) is 11.6 Å². The third-order valence-corrected chi connectivity index (χ3v) is 4.65. The maximum atomic E-state index is 12.8. The van der Waals surface area contributed by atoms with Crippen molar-refractivity contribution in [3.63, 3.8) is 0 Å². The lowest BCUT2D eigenvalue weighted by atomic mass is 10.1. The Morgan fingerprint density at radius 1 is 1.21 bits per heavy atom. The Balaban J connectivity index is 3.31. The Bertz CT molecular complexity index is 555. The van der Waals surface area contributed by atoms with E-state index in [-0.39, 0.29) is 5.88 Å². The largest absolute Gasteiger partial charge is 0.417 e. The van der Waals surface area contributed by atoms with Crippen LogP contribution in [0, 0.1) is 0 Å². The molecule has 1 rings (SSSR count). The van der Waals surface area contributed by atoms with E-state index in [1.165, 1.54) is 19.9 Å². The van der Waals surface area contributed by atoms with Gasteiger partial charge >= 0.3 is 6.18 Å². The molecule has 0 aromatic heterocycles. The Morgan fingerprint density at radius 2 is 1.74 bits per heavy atom. The molecule has 0 heterocycles. The van der Waals surface area contributed by atoms with Crippen LogP contribution in [0.2, 0.25) is 0 Å². The zero-order valence-corrected chi connectivity index (χ0v) is 11.8. The molecule has 19 heavy (non-hydrogen) atoms. The van der Waals surface area contributed by atoms with E-state index in [2.05, 4.69) is 4.72 Å². The number of benzene rings is 1. The van der Waals surface area contributed by atoms with Gasteiger partial charge in [-0.1, -0.05) is 12.1 Å². The summed E-state index contributed by atoms with van der Waals surface area (Å²) in [5.41, 5.74) is -2.24. The van der Waals surface area contributed by atoms with Gasteiger partial charge in [0.15, 0.2) is 0 Å². The number of hydrogen-bond donors (Lipinski definition) is 1. The molecule has 3 nitrogen and oxygen atoms in total. The van der Waals surface area contributed by atoms with E-state index >= 15 is 0 Å². The van der Waals surface area contributed by atoms with Crippen LogP contribution in [-0.4, -0.2) is 19.8 Å². The molecule has 0 aliphatic heterocycles. The van der Waals surface area contributed by atoms with Gasteiger partial charge in [-0.2, -0.15) is 13.2 Å². The zero-order chi connectivity index (χ0) is 14.9. The minimum atomic E-state index is -4.74. The van der Waals surface area contributed by atoms with Crippen molar-refractivity contribution in [1.29, 1.82) is 0 Å². The molecule has 0 amide bonds. The molecular weight excluding hydrogens is 303 g/mol. The van der Waals surface area contributed by atoms with Crippen LogP contribution in [-0.2, 0) is 16.2 Å². The van der Waals surface area contributed by atoms with Crippen LogP contribution in [0.15, 0.2) is 29.2 Å². The summed E-state index contributed by atoms with van der Waals surface area (Å²) in [4.78, 5) is -0.805. The molecule has 0 aliphatic rings. The summed E-state index contributed by atoms with van der Waals surface area (Å²) in [5, 5.41) is 0. The molecule has 8 heteroatoms. The number of nitrogens with one attached hydrogen (secondary N) is 1. The molecule has 0 radical (unpaired) electrons. The third-order valence-electron chi connectivity index (χ3n) is 2.23. The number of halogens is 4. The molecule has 0 bridgehead atoms. The molecule has 108 valence electrons. The zero-order valence-electron chi connectivity index (χ0n) is 10.3. The van der Waals surface area contributed by atoms with Crippen LogP contribution in [0.4, 0.5) is 13.2 Å². The molecule has 1 aromatic carbocycles. The first-order valence-corrected chi connectivity index (χ1v) is 7.27. The second kappa shape index (κ2) is 5.30. The minimum Gasteiger partial charge on any atom is -0.207 e. The van der Waals surface area contributed by atoms with E-state index in [0.717, 1.165) is 18.2 Å². The number of rotatable bonds is 4. The van der Waals surface area contributed by atoms with Crippen molar-refractivity contribution >= 4 is 21.6 Å². The molecule has 0 fully saturated rings. The predicted molar refractivity (Wildman–Crippen MR) is 66.6 cm³/mol. The average molecular weight is 316 g/mol. The fraction of sp³-hybridized carbons (Fsp3) is 0.455. The van der Waals surface area contributed by atoms with Crippen LogP contribution < -0.4 is 4.72 Å². The van der Waals surface area contributed by atoms with Crippen molar-refractivity contribution in [3.8, 4) is 0 Å². The van der Waals surface area contributed by atoms with E-state index in [1.807, 2.05) is 0 Å². The molecule has 0 saturated heterocycles. The summed E-state index contributed by atoms with van der Waals surface area (Å²) >= 11 is 5.57. The number of sulfonamides is 1. The van der Waals surface area contributed by atoms with E-state index in [1.54, 1.807) is 0 Å². The fourth-order valence-electron chi connectivity index (χ4n) is 1.38. The number of hydrogen-bond acceptors (Lipinski definition) is 2. The topological polar surface area (TPSA) is 46.2 Å². The van der Waals surface area contributed by atoms with Gasteiger partial charge in [0.05, 0.1) is 10.5 Å². The lowest BCUT2D eigenvalue weighted by molar-refractivity contribution is -0.139. The van der Waals surface area contributed by atoms with Gasteiger partial charge in [0.2, 0.25) is 10.0 Å². The number of alkyl halides is 4. The fourth-order valence-corrected chi connectivity index (χ4v) is 3.17. The van der Waals surface area contributed by atoms with Crippen LogP contribution >= 0.6 is 11.6 Å². The van der Waals surface area contributed by atoms with Crippen molar-refractivity contribution in [1.82, 2.24) is 4.72 Å². The highest BCUT2D eigenvalue weighted by Gasteiger charge is 2.38. The van der Waals surface area contributed by atoms with Crippen LogP contribution in [0.3, 0.4) is 0 Å². The first kappa shape index (κ1) is 16.3. The summed E-state index contributed by atoms with van der Waals surface area (Å²) < 4.78 is 64.5. The quantitative estimate of drug-likeness (QED) is 0.868. The van der Waals surface area contributed by atoms with Gasteiger partial charge in [0, 0.05) is 11.4 Å². The Labute approximate surface area is 114 Å². The third kappa shape index (κ3) is 4.09. The molecule has 1 N–H and O–H groups in total. The molecule has 0 spiro atoms. The van der Waals surface area contributed by atoms with Gasteiger partial charge in [-0.25, -0.2) is 13.1 Å². The van der Waals surface area contributed by atoms with E-state index < -0.39 is 32.2 Å². The smallest absolute Gasteiger partial charge is 0.207 e. The lowest BCUT2D eigenvalue weighted by Crippen LogP contribution is -2.45. The SMILES string of the molecule is CC(C)(CCl)NS(=O)(=O)c1ccccc1C(F)(F)F. The lowest BCUT2D eigenvalue weighted by Gasteiger charge is -2.24. The molecule has 0 saturated carbocycles. The molecule has 0 unspecified atom stereocenters. The van der Waals surface area contributed by atoms with Crippen molar-refractivity contribution in [3.05, 3.63) is 29.8 Å². The monoisotopic (exact) mass is 315 g/mol. The van der Waals surface area contributed by atoms with E-state index in [0.29, 0.717) is 0 Å². The van der Waals surface area contributed by atoms with Gasteiger partial charge in [0.25, 0.3) is 0 Å². The first-order valence-electron chi connectivity index (χ1n) is 5.26. The second-order valence-corrected chi connectivity index (χ2v) is 6.54. The van der Waals surface area contributed by atoms with Crippen molar-refractivity contribution in [2.75, 3.05) is 5.88 Å². The van der Waals surface area contributed by atoms with Gasteiger partial charge in [0.1, 0.15) is 0 Å². The van der Waals surface area contributed by atoms with E-state index in [9.17, 15) is 21.6 Å². The maximum Gasteiger partial charge on any atom is 0.417 e. The van der Waals surface area contributed by atoms with Crippen LogP contribution in [0.5, 0.6) is 0 Å². The Kier molecular flexibility index (Phi) is 4.54. The normalized spacial score (nSPS) is 13.6. The Morgan fingerprint density at radius 3 is 2.21 bits per heavy atom. The van der Waals surface area contributed by atoms with Gasteiger partial charge in [-0.05, 0) is 26.0 Å². The molecular formula is C11H13ClF3NO2S. The Hall–Kier alpha value is -0.790. The van der Waals surface area contributed by atoms with Crippen LogP contribution in [0.1, 0.15) is 19.4 Å². The van der Waals surface area contributed by atoms with Crippen molar-refractivity contribution in [2.24, 2.45) is 0 Å². The van der Waals surface area contributed by atoms with Gasteiger partial charge in [-0.15, -0.1) is 11.6 Å². The molecule has 0 aliphatic carbocycles. The van der Waals surface area contributed by atoms with Crippen LogP contribution in [0.25, 0.3) is 0 Å². The summed E-state index contributed by atoms with van der Waals surface area (Å²) in [7, 11) is -4.30. The average Bonchev–Trinajstić information content (AvgIpc) is 2.27. The minimum absolute atomic E-state index is 0.0690. The summed E-state index contributed by atoms with van der Waals surface area (Å²) in [6.45, 7) is 2.96. The van der Waals surface area contributed by atoms with Gasteiger partial charge in [-0.3, -0.25) is 0 Å². The van der Waals surface area contributed by atoms with Crippen molar-refractivity contribution < 1.29 is 21.6 Å².